The number of amides is 1. The Kier molecular flexibility index (Phi) is 4.65. The number of anilines is 1. The van der Waals surface area contributed by atoms with Crippen LogP contribution in [0, 0.1) is 0 Å². The van der Waals surface area contributed by atoms with Crippen molar-refractivity contribution >= 4 is 11.7 Å². The van der Waals surface area contributed by atoms with E-state index in [4.69, 9.17) is 0 Å². The number of carbonyl (C=O) groups is 1. The lowest BCUT2D eigenvalue weighted by Crippen LogP contribution is -2.15. The van der Waals surface area contributed by atoms with Gasteiger partial charge in [-0.2, -0.15) is 0 Å². The molecular formula is C20H16N6O. The first-order chi connectivity index (χ1) is 13.3. The maximum Gasteiger partial charge on any atom is 0.231 e. The molecule has 4 aromatic rings. The van der Waals surface area contributed by atoms with Gasteiger partial charge < -0.3 is 5.32 Å². The number of pyridine rings is 2. The van der Waals surface area contributed by atoms with Gasteiger partial charge >= 0.3 is 0 Å². The highest BCUT2D eigenvalue weighted by Gasteiger charge is 2.10. The fraction of sp³-hybridized carbons (Fsp3) is 0.0500. The molecule has 0 fully saturated rings. The largest absolute Gasteiger partial charge is 0.310 e. The first-order valence-electron chi connectivity index (χ1n) is 8.42. The lowest BCUT2D eigenvalue weighted by atomic mass is 10.1. The van der Waals surface area contributed by atoms with Crippen molar-refractivity contribution in [2.24, 2.45) is 0 Å². The van der Waals surface area contributed by atoms with Crippen molar-refractivity contribution in [3.05, 3.63) is 84.9 Å². The third-order valence-corrected chi connectivity index (χ3v) is 3.90. The first-order valence-corrected chi connectivity index (χ1v) is 8.42. The standard InChI is InChI=1S/C20H16N6O/c27-20(12-17-14-26(25-24-17)19-8-4-5-11-21-19)23-18-10-9-16(13-22-18)15-6-2-1-3-7-15/h1-11,13-14H,12H2,(H,22,23,27). The van der Waals surface area contributed by atoms with Gasteiger partial charge in [-0.15, -0.1) is 5.10 Å². The molecule has 0 spiro atoms. The second kappa shape index (κ2) is 7.57. The van der Waals surface area contributed by atoms with E-state index in [2.05, 4.69) is 25.6 Å². The summed E-state index contributed by atoms with van der Waals surface area (Å²) in [7, 11) is 0. The first kappa shape index (κ1) is 16.6. The van der Waals surface area contributed by atoms with Crippen molar-refractivity contribution in [2.75, 3.05) is 5.32 Å². The summed E-state index contributed by atoms with van der Waals surface area (Å²) in [4.78, 5) is 20.7. The van der Waals surface area contributed by atoms with Crippen LogP contribution >= 0.6 is 0 Å². The van der Waals surface area contributed by atoms with E-state index in [9.17, 15) is 4.79 Å². The summed E-state index contributed by atoms with van der Waals surface area (Å²) < 4.78 is 1.54. The normalized spacial score (nSPS) is 10.5. The lowest BCUT2D eigenvalue weighted by molar-refractivity contribution is -0.115. The number of hydrogen-bond acceptors (Lipinski definition) is 5. The molecule has 0 unspecified atom stereocenters. The summed E-state index contributed by atoms with van der Waals surface area (Å²) in [5, 5.41) is 10.8. The molecule has 0 saturated heterocycles. The van der Waals surface area contributed by atoms with Gasteiger partial charge in [0.15, 0.2) is 5.82 Å². The minimum atomic E-state index is -0.206. The molecule has 0 aliphatic rings. The highest BCUT2D eigenvalue weighted by molar-refractivity contribution is 5.91. The van der Waals surface area contributed by atoms with Crippen LogP contribution in [0.25, 0.3) is 16.9 Å². The Morgan fingerprint density at radius 1 is 0.926 bits per heavy atom. The molecule has 1 amide bonds. The molecule has 3 heterocycles. The van der Waals surface area contributed by atoms with Crippen molar-refractivity contribution in [1.29, 1.82) is 0 Å². The average Bonchev–Trinajstić information content (AvgIpc) is 3.18. The van der Waals surface area contributed by atoms with Crippen molar-refractivity contribution in [2.45, 2.75) is 6.42 Å². The van der Waals surface area contributed by atoms with E-state index >= 15 is 0 Å². The van der Waals surface area contributed by atoms with Gasteiger partial charge in [0.05, 0.1) is 18.3 Å². The number of nitrogens with one attached hydrogen (secondary N) is 1. The Hall–Kier alpha value is -3.87. The van der Waals surface area contributed by atoms with Gasteiger partial charge in [-0.25, -0.2) is 14.6 Å². The van der Waals surface area contributed by atoms with Crippen LogP contribution in [0.2, 0.25) is 0 Å². The molecule has 1 aromatic carbocycles. The molecule has 0 atom stereocenters. The van der Waals surface area contributed by atoms with E-state index in [1.165, 1.54) is 4.68 Å². The topological polar surface area (TPSA) is 85.6 Å². The van der Waals surface area contributed by atoms with E-state index < -0.39 is 0 Å². The molecule has 0 saturated carbocycles. The zero-order chi connectivity index (χ0) is 18.5. The minimum Gasteiger partial charge on any atom is -0.310 e. The summed E-state index contributed by atoms with van der Waals surface area (Å²) >= 11 is 0. The molecule has 0 radical (unpaired) electrons. The van der Waals surface area contributed by atoms with E-state index in [1.54, 1.807) is 24.7 Å². The van der Waals surface area contributed by atoms with Crippen LogP contribution in [0.5, 0.6) is 0 Å². The van der Waals surface area contributed by atoms with Crippen LogP contribution in [-0.4, -0.2) is 30.9 Å². The molecule has 4 rings (SSSR count). The summed E-state index contributed by atoms with van der Waals surface area (Å²) in [5.41, 5.74) is 2.62. The molecule has 1 N–H and O–H groups in total. The van der Waals surface area contributed by atoms with Crippen LogP contribution in [-0.2, 0) is 11.2 Å². The van der Waals surface area contributed by atoms with Crippen LogP contribution in [0.15, 0.2) is 79.3 Å². The number of benzene rings is 1. The van der Waals surface area contributed by atoms with Crippen molar-refractivity contribution < 1.29 is 4.79 Å². The summed E-state index contributed by atoms with van der Waals surface area (Å²) in [6, 6.07) is 19.2. The van der Waals surface area contributed by atoms with E-state index in [1.807, 2.05) is 54.6 Å². The van der Waals surface area contributed by atoms with Crippen LogP contribution in [0.3, 0.4) is 0 Å². The predicted molar refractivity (Wildman–Crippen MR) is 101 cm³/mol. The fourth-order valence-electron chi connectivity index (χ4n) is 2.60. The van der Waals surface area contributed by atoms with Crippen LogP contribution < -0.4 is 5.32 Å². The van der Waals surface area contributed by atoms with Gasteiger partial charge in [0.2, 0.25) is 5.91 Å². The number of nitrogens with zero attached hydrogens (tertiary/aromatic N) is 5. The van der Waals surface area contributed by atoms with E-state index in [0.29, 0.717) is 17.3 Å². The van der Waals surface area contributed by atoms with Crippen molar-refractivity contribution in [1.82, 2.24) is 25.0 Å². The zero-order valence-corrected chi connectivity index (χ0v) is 14.4. The number of aromatic nitrogens is 5. The molecule has 27 heavy (non-hydrogen) atoms. The van der Waals surface area contributed by atoms with Crippen molar-refractivity contribution in [3.8, 4) is 16.9 Å². The second-order valence-corrected chi connectivity index (χ2v) is 5.87. The molecule has 0 aliphatic heterocycles. The lowest BCUT2D eigenvalue weighted by Gasteiger charge is -2.05. The third kappa shape index (κ3) is 4.04. The Labute approximate surface area is 155 Å². The number of rotatable bonds is 5. The number of carbonyl (C=O) groups excluding carboxylic acids is 1. The van der Waals surface area contributed by atoms with Gasteiger partial charge in [0, 0.05) is 18.0 Å². The third-order valence-electron chi connectivity index (χ3n) is 3.90. The molecule has 3 aromatic heterocycles. The number of hydrogen-bond donors (Lipinski definition) is 1. The zero-order valence-electron chi connectivity index (χ0n) is 14.4. The summed E-state index contributed by atoms with van der Waals surface area (Å²) in [5.74, 6) is 0.939. The molecule has 0 bridgehead atoms. The SMILES string of the molecule is O=C(Cc1cn(-c2ccccn2)nn1)Nc1ccc(-c2ccccc2)cn1. The van der Waals surface area contributed by atoms with Gasteiger partial charge in [-0.05, 0) is 29.8 Å². The highest BCUT2D eigenvalue weighted by Crippen LogP contribution is 2.19. The van der Waals surface area contributed by atoms with Gasteiger partial charge in [-0.1, -0.05) is 41.6 Å². The second-order valence-electron chi connectivity index (χ2n) is 5.87. The van der Waals surface area contributed by atoms with E-state index in [0.717, 1.165) is 11.1 Å². The maximum atomic E-state index is 12.2. The summed E-state index contributed by atoms with van der Waals surface area (Å²) in [6.07, 6.45) is 5.21. The monoisotopic (exact) mass is 356 g/mol. The highest BCUT2D eigenvalue weighted by atomic mass is 16.1. The molecule has 0 aliphatic carbocycles. The predicted octanol–water partition coefficient (Wildman–Crippen LogP) is 2.91. The Morgan fingerprint density at radius 2 is 1.78 bits per heavy atom. The van der Waals surface area contributed by atoms with Gasteiger partial charge in [0.25, 0.3) is 0 Å². The van der Waals surface area contributed by atoms with Crippen LogP contribution in [0.1, 0.15) is 5.69 Å². The summed E-state index contributed by atoms with van der Waals surface area (Å²) in [6.45, 7) is 0. The molecule has 7 heteroatoms. The van der Waals surface area contributed by atoms with Gasteiger partial charge in [-0.3, -0.25) is 4.79 Å². The molecule has 7 nitrogen and oxygen atoms in total. The van der Waals surface area contributed by atoms with E-state index in [-0.39, 0.29) is 12.3 Å². The Balaban J connectivity index is 1.39. The van der Waals surface area contributed by atoms with Crippen molar-refractivity contribution in [3.63, 3.8) is 0 Å². The fourth-order valence-corrected chi connectivity index (χ4v) is 2.60. The minimum absolute atomic E-state index is 0.106. The van der Waals surface area contributed by atoms with Crippen LogP contribution in [0.4, 0.5) is 5.82 Å². The Bertz CT molecular complexity index is 1030. The molecule has 132 valence electrons. The van der Waals surface area contributed by atoms with Gasteiger partial charge in [0.1, 0.15) is 5.82 Å². The quantitative estimate of drug-likeness (QED) is 0.594. The average molecular weight is 356 g/mol. The molecular weight excluding hydrogens is 340 g/mol. The smallest absolute Gasteiger partial charge is 0.231 e. The maximum absolute atomic E-state index is 12.2. The Morgan fingerprint density at radius 3 is 2.52 bits per heavy atom.